The van der Waals surface area contributed by atoms with Gasteiger partial charge >= 0.3 is 6.18 Å². The minimum Gasteiger partial charge on any atom is -0.314 e. The Morgan fingerprint density at radius 1 is 1.35 bits per heavy atom. The van der Waals surface area contributed by atoms with Crippen LogP contribution in [0.4, 0.5) is 13.2 Å². The van der Waals surface area contributed by atoms with E-state index in [1.165, 1.54) is 23.9 Å². The van der Waals surface area contributed by atoms with Gasteiger partial charge in [-0.3, -0.25) is 4.90 Å². The number of halogens is 3. The van der Waals surface area contributed by atoms with Crippen LogP contribution in [-0.4, -0.2) is 42.9 Å². The molecule has 1 heterocycles. The third-order valence-corrected chi connectivity index (χ3v) is 4.47. The van der Waals surface area contributed by atoms with Gasteiger partial charge in [-0.15, -0.1) is 11.8 Å². The standard InChI is InChI=1S/C14H19F3N2S/c1-2-19(12-9-18-10-12)6-7-20-13-5-3-4-11(8-13)14(15,16)17/h3-5,8,12,18H,2,6-7,9-10H2,1H3. The third-order valence-electron chi connectivity index (χ3n) is 3.49. The molecule has 6 heteroatoms. The first kappa shape index (κ1) is 15.7. The molecule has 0 atom stereocenters. The molecule has 0 radical (unpaired) electrons. The van der Waals surface area contributed by atoms with Crippen molar-refractivity contribution in [1.29, 1.82) is 0 Å². The zero-order valence-corrected chi connectivity index (χ0v) is 12.2. The average Bonchev–Trinajstić information content (AvgIpc) is 2.34. The maximum atomic E-state index is 12.6. The van der Waals surface area contributed by atoms with Crippen LogP contribution in [-0.2, 0) is 6.18 Å². The van der Waals surface area contributed by atoms with E-state index < -0.39 is 11.7 Å². The molecule has 1 aliphatic rings. The highest BCUT2D eigenvalue weighted by atomic mass is 32.2. The summed E-state index contributed by atoms with van der Waals surface area (Å²) in [5, 5.41) is 3.23. The van der Waals surface area contributed by atoms with Crippen LogP contribution in [0.5, 0.6) is 0 Å². The van der Waals surface area contributed by atoms with Gasteiger partial charge < -0.3 is 5.32 Å². The quantitative estimate of drug-likeness (QED) is 0.813. The molecule has 0 aliphatic carbocycles. The Labute approximate surface area is 121 Å². The van der Waals surface area contributed by atoms with E-state index in [-0.39, 0.29) is 0 Å². The average molecular weight is 304 g/mol. The normalized spacial score (nSPS) is 16.4. The van der Waals surface area contributed by atoms with Crippen LogP contribution in [0, 0.1) is 0 Å². The Balaban J connectivity index is 1.84. The van der Waals surface area contributed by atoms with E-state index in [4.69, 9.17) is 0 Å². The van der Waals surface area contributed by atoms with Crippen molar-refractivity contribution in [2.75, 3.05) is 31.9 Å². The van der Waals surface area contributed by atoms with E-state index in [9.17, 15) is 13.2 Å². The van der Waals surface area contributed by atoms with Gasteiger partial charge in [0, 0.05) is 36.3 Å². The number of hydrogen-bond acceptors (Lipinski definition) is 3. The fourth-order valence-electron chi connectivity index (χ4n) is 2.17. The first-order chi connectivity index (χ1) is 9.50. The highest BCUT2D eigenvalue weighted by Gasteiger charge is 2.30. The molecule has 0 spiro atoms. The molecule has 1 saturated heterocycles. The Hall–Kier alpha value is -0.720. The van der Waals surface area contributed by atoms with Gasteiger partial charge in [-0.1, -0.05) is 13.0 Å². The van der Waals surface area contributed by atoms with E-state index in [0.717, 1.165) is 38.0 Å². The number of rotatable bonds is 6. The highest BCUT2D eigenvalue weighted by Crippen LogP contribution is 2.31. The molecule has 1 aliphatic heterocycles. The number of likely N-dealkylation sites (N-methyl/N-ethyl adjacent to an activating group) is 1. The van der Waals surface area contributed by atoms with Crippen molar-refractivity contribution in [3.05, 3.63) is 29.8 Å². The minimum atomic E-state index is -4.26. The lowest BCUT2D eigenvalue weighted by atomic mass is 10.1. The fraction of sp³-hybridized carbons (Fsp3) is 0.571. The molecule has 1 fully saturated rings. The molecule has 0 amide bonds. The van der Waals surface area contributed by atoms with Crippen molar-refractivity contribution in [2.24, 2.45) is 0 Å². The zero-order valence-electron chi connectivity index (χ0n) is 11.4. The van der Waals surface area contributed by atoms with E-state index in [1.54, 1.807) is 6.07 Å². The molecule has 112 valence electrons. The lowest BCUT2D eigenvalue weighted by Gasteiger charge is -2.37. The van der Waals surface area contributed by atoms with Crippen LogP contribution in [0.1, 0.15) is 12.5 Å². The number of thioether (sulfide) groups is 1. The molecular weight excluding hydrogens is 285 g/mol. The smallest absolute Gasteiger partial charge is 0.314 e. The minimum absolute atomic E-state index is 0.571. The Bertz CT molecular complexity index is 433. The number of benzene rings is 1. The summed E-state index contributed by atoms with van der Waals surface area (Å²) < 4.78 is 37.8. The van der Waals surface area contributed by atoms with Crippen LogP contribution in [0.2, 0.25) is 0 Å². The van der Waals surface area contributed by atoms with Gasteiger partial charge in [0.1, 0.15) is 0 Å². The second kappa shape index (κ2) is 6.83. The van der Waals surface area contributed by atoms with E-state index in [1.807, 2.05) is 0 Å². The maximum absolute atomic E-state index is 12.6. The van der Waals surface area contributed by atoms with Gasteiger partial charge in [0.25, 0.3) is 0 Å². The first-order valence-electron chi connectivity index (χ1n) is 6.75. The van der Waals surface area contributed by atoms with Gasteiger partial charge in [0.05, 0.1) is 5.56 Å². The molecule has 0 aromatic heterocycles. The van der Waals surface area contributed by atoms with Crippen LogP contribution in [0.25, 0.3) is 0 Å². The van der Waals surface area contributed by atoms with Crippen molar-refractivity contribution in [3.63, 3.8) is 0 Å². The summed E-state index contributed by atoms with van der Waals surface area (Å²) in [6, 6.07) is 6.13. The summed E-state index contributed by atoms with van der Waals surface area (Å²) in [5.41, 5.74) is -0.571. The first-order valence-corrected chi connectivity index (χ1v) is 7.74. The molecule has 2 rings (SSSR count). The molecule has 0 unspecified atom stereocenters. The van der Waals surface area contributed by atoms with E-state index in [0.29, 0.717) is 10.9 Å². The predicted molar refractivity (Wildman–Crippen MR) is 76.1 cm³/mol. The Kier molecular flexibility index (Phi) is 5.35. The van der Waals surface area contributed by atoms with Crippen molar-refractivity contribution in [2.45, 2.75) is 24.0 Å². The largest absolute Gasteiger partial charge is 0.416 e. The molecule has 0 bridgehead atoms. The second-order valence-corrected chi connectivity index (χ2v) is 5.98. The topological polar surface area (TPSA) is 15.3 Å². The van der Waals surface area contributed by atoms with Gasteiger partial charge in [0.2, 0.25) is 0 Å². The Morgan fingerprint density at radius 2 is 2.10 bits per heavy atom. The van der Waals surface area contributed by atoms with Crippen LogP contribution in [0.3, 0.4) is 0 Å². The van der Waals surface area contributed by atoms with E-state index >= 15 is 0 Å². The fourth-order valence-corrected chi connectivity index (χ4v) is 3.12. The molecule has 1 aromatic carbocycles. The predicted octanol–water partition coefficient (Wildman–Crippen LogP) is 3.09. The highest BCUT2D eigenvalue weighted by molar-refractivity contribution is 7.99. The maximum Gasteiger partial charge on any atom is 0.416 e. The molecule has 1 N–H and O–H groups in total. The van der Waals surface area contributed by atoms with Crippen molar-refractivity contribution < 1.29 is 13.2 Å². The summed E-state index contributed by atoms with van der Waals surface area (Å²) >= 11 is 1.48. The second-order valence-electron chi connectivity index (χ2n) is 4.81. The summed E-state index contributed by atoms with van der Waals surface area (Å²) in [6.45, 7) is 6.04. The lowest BCUT2D eigenvalue weighted by molar-refractivity contribution is -0.137. The van der Waals surface area contributed by atoms with Crippen molar-refractivity contribution in [1.82, 2.24) is 10.2 Å². The summed E-state index contributed by atoms with van der Waals surface area (Å²) in [6.07, 6.45) is -4.26. The monoisotopic (exact) mass is 304 g/mol. The molecule has 0 saturated carbocycles. The number of nitrogens with zero attached hydrogens (tertiary/aromatic N) is 1. The summed E-state index contributed by atoms with van der Waals surface area (Å²) in [4.78, 5) is 3.06. The van der Waals surface area contributed by atoms with Crippen LogP contribution in [0.15, 0.2) is 29.2 Å². The molecular formula is C14H19F3N2S. The van der Waals surface area contributed by atoms with Gasteiger partial charge in [-0.05, 0) is 24.7 Å². The molecule has 1 aromatic rings. The van der Waals surface area contributed by atoms with Crippen molar-refractivity contribution >= 4 is 11.8 Å². The number of alkyl halides is 3. The zero-order chi connectivity index (χ0) is 14.6. The number of nitrogens with one attached hydrogen (secondary N) is 1. The Morgan fingerprint density at radius 3 is 2.65 bits per heavy atom. The van der Waals surface area contributed by atoms with Gasteiger partial charge in [-0.2, -0.15) is 13.2 Å². The molecule has 20 heavy (non-hydrogen) atoms. The van der Waals surface area contributed by atoms with Gasteiger partial charge in [-0.25, -0.2) is 0 Å². The third kappa shape index (κ3) is 4.14. The van der Waals surface area contributed by atoms with E-state index in [2.05, 4.69) is 17.1 Å². The summed E-state index contributed by atoms with van der Waals surface area (Å²) in [5.74, 6) is 0.811. The SMILES string of the molecule is CCN(CCSc1cccc(C(F)(F)F)c1)C1CNC1. The number of hydrogen-bond donors (Lipinski definition) is 1. The van der Waals surface area contributed by atoms with Crippen LogP contribution >= 0.6 is 11.8 Å². The lowest BCUT2D eigenvalue weighted by Crippen LogP contribution is -2.57. The van der Waals surface area contributed by atoms with Gasteiger partial charge in [0.15, 0.2) is 0 Å². The van der Waals surface area contributed by atoms with Crippen LogP contribution < -0.4 is 5.32 Å². The molecule has 2 nitrogen and oxygen atoms in total. The van der Waals surface area contributed by atoms with Crippen molar-refractivity contribution in [3.8, 4) is 0 Å². The summed E-state index contributed by atoms with van der Waals surface area (Å²) in [7, 11) is 0.